The van der Waals surface area contributed by atoms with Crippen molar-refractivity contribution in [1.29, 1.82) is 0 Å². The van der Waals surface area contributed by atoms with Gasteiger partial charge >= 0.3 is 0 Å². The van der Waals surface area contributed by atoms with Crippen LogP contribution >= 0.6 is 23.4 Å². The van der Waals surface area contributed by atoms with Gasteiger partial charge in [0.1, 0.15) is 16.7 Å². The summed E-state index contributed by atoms with van der Waals surface area (Å²) in [5.41, 5.74) is 5.40. The lowest BCUT2D eigenvalue weighted by molar-refractivity contribution is 0.581. The summed E-state index contributed by atoms with van der Waals surface area (Å²) in [5.74, 6) is -1.48. The van der Waals surface area contributed by atoms with Gasteiger partial charge in [-0.05, 0) is 18.2 Å². The number of aromatic nitrogens is 1. The van der Waals surface area contributed by atoms with Crippen molar-refractivity contribution in [3.63, 3.8) is 0 Å². The molecule has 0 fully saturated rings. The zero-order chi connectivity index (χ0) is 12.4. The molecule has 2 aromatic rings. The number of hydrogen-bond donors (Lipinski definition) is 1. The number of anilines is 1. The maximum absolute atomic E-state index is 13.2. The normalized spacial score (nSPS) is 10.5. The van der Waals surface area contributed by atoms with Crippen LogP contribution in [0.4, 0.5) is 14.5 Å². The number of pyridine rings is 1. The summed E-state index contributed by atoms with van der Waals surface area (Å²) in [6.07, 6.45) is 1.54. The lowest BCUT2D eigenvalue weighted by Gasteiger charge is -2.07. The molecule has 0 spiro atoms. The van der Waals surface area contributed by atoms with Crippen molar-refractivity contribution in [2.45, 2.75) is 9.92 Å². The monoisotopic (exact) mass is 272 g/mol. The van der Waals surface area contributed by atoms with E-state index in [2.05, 4.69) is 4.98 Å². The van der Waals surface area contributed by atoms with E-state index >= 15 is 0 Å². The minimum absolute atomic E-state index is 0.113. The zero-order valence-corrected chi connectivity index (χ0v) is 10.0. The number of halogens is 3. The van der Waals surface area contributed by atoms with E-state index in [1.54, 1.807) is 18.3 Å². The van der Waals surface area contributed by atoms with Crippen LogP contribution in [0.15, 0.2) is 40.4 Å². The fourth-order valence-electron chi connectivity index (χ4n) is 1.20. The topological polar surface area (TPSA) is 38.9 Å². The van der Waals surface area contributed by atoms with Crippen LogP contribution in [0.5, 0.6) is 0 Å². The molecule has 0 saturated heterocycles. The minimum Gasteiger partial charge on any atom is -0.395 e. The second-order valence-corrected chi connectivity index (χ2v) is 4.63. The Morgan fingerprint density at radius 2 is 2.06 bits per heavy atom. The van der Waals surface area contributed by atoms with E-state index in [0.29, 0.717) is 10.0 Å². The highest BCUT2D eigenvalue weighted by Gasteiger charge is 2.11. The van der Waals surface area contributed by atoms with Crippen LogP contribution in [-0.4, -0.2) is 4.98 Å². The van der Waals surface area contributed by atoms with E-state index in [1.807, 2.05) is 0 Å². The van der Waals surface area contributed by atoms with Gasteiger partial charge in [-0.25, -0.2) is 13.8 Å². The number of nitrogens with zero attached hydrogens (tertiary/aromatic N) is 1. The van der Waals surface area contributed by atoms with Crippen LogP contribution in [0.2, 0.25) is 5.02 Å². The molecule has 0 atom stereocenters. The molecule has 0 aliphatic heterocycles. The summed E-state index contributed by atoms with van der Waals surface area (Å²) in [6.45, 7) is 0. The second kappa shape index (κ2) is 4.89. The first-order chi connectivity index (χ1) is 8.08. The van der Waals surface area contributed by atoms with Crippen LogP contribution in [0, 0.1) is 11.6 Å². The van der Waals surface area contributed by atoms with Crippen molar-refractivity contribution >= 4 is 29.1 Å². The van der Waals surface area contributed by atoms with Crippen molar-refractivity contribution < 1.29 is 8.78 Å². The van der Waals surface area contributed by atoms with Crippen LogP contribution in [0.3, 0.4) is 0 Å². The summed E-state index contributed by atoms with van der Waals surface area (Å²) in [4.78, 5) is 4.26. The molecule has 0 aliphatic rings. The van der Waals surface area contributed by atoms with Gasteiger partial charge in [0.05, 0.1) is 10.7 Å². The highest BCUT2D eigenvalue weighted by molar-refractivity contribution is 7.99. The fraction of sp³-hybridized carbons (Fsp3) is 0. The Morgan fingerprint density at radius 3 is 2.76 bits per heavy atom. The number of hydrogen-bond acceptors (Lipinski definition) is 3. The van der Waals surface area contributed by atoms with E-state index in [1.165, 1.54) is 0 Å². The van der Waals surface area contributed by atoms with Gasteiger partial charge in [0.15, 0.2) is 0 Å². The molecule has 2 nitrogen and oxygen atoms in total. The van der Waals surface area contributed by atoms with Crippen LogP contribution in [0.1, 0.15) is 0 Å². The molecule has 0 saturated carbocycles. The minimum atomic E-state index is -0.792. The van der Waals surface area contributed by atoms with Crippen LogP contribution in [-0.2, 0) is 0 Å². The summed E-state index contributed by atoms with van der Waals surface area (Å²) < 4.78 is 26.3. The van der Waals surface area contributed by atoms with Gasteiger partial charge in [-0.15, -0.1) is 0 Å². The Hall–Kier alpha value is -1.33. The second-order valence-electron chi connectivity index (χ2n) is 3.19. The lowest BCUT2D eigenvalue weighted by atomic mass is 10.3. The standard InChI is InChI=1S/C11H7ClF2N2S/c12-7-2-1-3-16-11(7)17-9-5-6(13)4-8(14)10(9)15/h1-5H,15H2. The molecular weight excluding hydrogens is 266 g/mol. The van der Waals surface area contributed by atoms with E-state index < -0.39 is 11.6 Å². The average Bonchev–Trinajstić information content (AvgIpc) is 2.28. The quantitative estimate of drug-likeness (QED) is 0.847. The smallest absolute Gasteiger partial charge is 0.150 e. The van der Waals surface area contributed by atoms with Crippen molar-refractivity contribution in [1.82, 2.24) is 4.98 Å². The third kappa shape index (κ3) is 2.68. The van der Waals surface area contributed by atoms with Gasteiger partial charge in [0, 0.05) is 17.2 Å². The molecule has 0 aliphatic carbocycles. The lowest BCUT2D eigenvalue weighted by Crippen LogP contribution is -1.95. The molecule has 0 unspecified atom stereocenters. The Labute approximate surface area is 106 Å². The Balaban J connectivity index is 2.40. The molecule has 1 aromatic carbocycles. The molecule has 0 amide bonds. The molecule has 17 heavy (non-hydrogen) atoms. The molecular formula is C11H7ClF2N2S. The van der Waals surface area contributed by atoms with Crippen molar-refractivity contribution in [3.8, 4) is 0 Å². The van der Waals surface area contributed by atoms with Gasteiger partial charge in [-0.1, -0.05) is 23.4 Å². The highest BCUT2D eigenvalue weighted by atomic mass is 35.5. The molecule has 0 bridgehead atoms. The first kappa shape index (κ1) is 12.1. The van der Waals surface area contributed by atoms with Gasteiger partial charge in [0.2, 0.25) is 0 Å². The predicted octanol–water partition coefficient (Wildman–Crippen LogP) is 3.75. The largest absolute Gasteiger partial charge is 0.395 e. The first-order valence-corrected chi connectivity index (χ1v) is 5.80. The maximum Gasteiger partial charge on any atom is 0.150 e. The van der Waals surface area contributed by atoms with E-state index in [9.17, 15) is 8.78 Å². The fourth-order valence-corrected chi connectivity index (χ4v) is 2.30. The van der Waals surface area contributed by atoms with E-state index in [-0.39, 0.29) is 10.6 Å². The number of nitrogens with two attached hydrogens (primary N) is 1. The molecule has 88 valence electrons. The molecule has 0 radical (unpaired) electrons. The molecule has 6 heteroatoms. The number of rotatable bonds is 2. The average molecular weight is 273 g/mol. The van der Waals surface area contributed by atoms with Gasteiger partial charge in [0.25, 0.3) is 0 Å². The molecule has 1 heterocycles. The van der Waals surface area contributed by atoms with E-state index in [4.69, 9.17) is 17.3 Å². The Kier molecular flexibility index (Phi) is 3.49. The summed E-state index contributed by atoms with van der Waals surface area (Å²) >= 11 is 6.92. The predicted molar refractivity (Wildman–Crippen MR) is 64.1 cm³/mol. The number of nitrogen functional groups attached to an aromatic ring is 1. The third-order valence-electron chi connectivity index (χ3n) is 1.99. The highest BCUT2D eigenvalue weighted by Crippen LogP contribution is 2.36. The summed E-state index contributed by atoms with van der Waals surface area (Å²) in [7, 11) is 0. The van der Waals surface area contributed by atoms with E-state index in [0.717, 1.165) is 23.9 Å². The Morgan fingerprint density at radius 1 is 1.29 bits per heavy atom. The molecule has 2 N–H and O–H groups in total. The summed E-state index contributed by atoms with van der Waals surface area (Å²) in [5, 5.41) is 0.854. The van der Waals surface area contributed by atoms with Crippen molar-refractivity contribution in [3.05, 3.63) is 47.1 Å². The summed E-state index contributed by atoms with van der Waals surface area (Å²) in [6, 6.07) is 5.19. The van der Waals surface area contributed by atoms with Gasteiger partial charge < -0.3 is 5.73 Å². The third-order valence-corrected chi connectivity index (χ3v) is 3.48. The van der Waals surface area contributed by atoms with Gasteiger partial charge in [-0.3, -0.25) is 0 Å². The van der Waals surface area contributed by atoms with Crippen LogP contribution in [0.25, 0.3) is 0 Å². The van der Waals surface area contributed by atoms with Crippen molar-refractivity contribution in [2.24, 2.45) is 0 Å². The number of benzene rings is 1. The van der Waals surface area contributed by atoms with Gasteiger partial charge in [-0.2, -0.15) is 0 Å². The molecule has 2 rings (SSSR count). The molecule has 1 aromatic heterocycles. The first-order valence-electron chi connectivity index (χ1n) is 4.61. The van der Waals surface area contributed by atoms with Crippen molar-refractivity contribution in [2.75, 3.05) is 5.73 Å². The zero-order valence-electron chi connectivity index (χ0n) is 8.45. The Bertz CT molecular complexity index is 563. The SMILES string of the molecule is Nc1c(F)cc(F)cc1Sc1ncccc1Cl. The van der Waals surface area contributed by atoms with Crippen LogP contribution < -0.4 is 5.73 Å². The maximum atomic E-state index is 13.2.